The summed E-state index contributed by atoms with van der Waals surface area (Å²) < 4.78 is 0. The molecule has 3 fully saturated rings. The van der Waals surface area contributed by atoms with E-state index in [1.54, 1.807) is 6.08 Å². The molecule has 0 saturated heterocycles. The van der Waals surface area contributed by atoms with Gasteiger partial charge >= 0.3 is 0 Å². The summed E-state index contributed by atoms with van der Waals surface area (Å²) in [4.78, 5) is 11.9. The van der Waals surface area contributed by atoms with Crippen LogP contribution in [0.4, 0.5) is 0 Å². The lowest BCUT2D eigenvalue weighted by molar-refractivity contribution is -0.202. The second-order valence-electron chi connectivity index (χ2n) is 9.07. The fraction of sp³-hybridized carbons (Fsp3) is 0.800. The van der Waals surface area contributed by atoms with Crippen LogP contribution in [0.1, 0.15) is 65.2 Å². The predicted molar refractivity (Wildman–Crippen MR) is 88.7 cm³/mol. The Kier molecular flexibility index (Phi) is 3.20. The van der Waals surface area contributed by atoms with Crippen LogP contribution in [0.15, 0.2) is 11.6 Å². The third-order valence-corrected chi connectivity index (χ3v) is 8.49. The molecule has 4 rings (SSSR count). The monoisotopic (exact) mass is 329 g/mol. The lowest BCUT2D eigenvalue weighted by atomic mass is 9.44. The summed E-state index contributed by atoms with van der Waals surface area (Å²) >= 11 is 0. The fourth-order valence-electron chi connectivity index (χ4n) is 6.70. The van der Waals surface area contributed by atoms with Crippen molar-refractivity contribution in [2.45, 2.75) is 76.4 Å². The summed E-state index contributed by atoms with van der Waals surface area (Å²) in [5, 5.41) is 32.2. The predicted octanol–water partition coefficient (Wildman–Crippen LogP) is 2.89. The molecule has 2 N–H and O–H groups in total. The number of fused-ring (bicyclic) bond motifs is 5. The van der Waals surface area contributed by atoms with E-state index in [0.717, 1.165) is 31.3 Å². The zero-order valence-electron chi connectivity index (χ0n) is 14.6. The Bertz CT molecular complexity index is 679. The second-order valence-corrected chi connectivity index (χ2v) is 9.07. The molecule has 0 aliphatic heterocycles. The van der Waals surface area contributed by atoms with Gasteiger partial charge in [-0.3, -0.25) is 4.79 Å². The Balaban J connectivity index is 1.77. The van der Waals surface area contributed by atoms with E-state index in [1.807, 2.05) is 6.92 Å². The van der Waals surface area contributed by atoms with Crippen LogP contribution in [-0.4, -0.2) is 27.2 Å². The molecule has 4 nitrogen and oxygen atoms in total. The maximum Gasteiger partial charge on any atom is 0.156 e. The van der Waals surface area contributed by atoms with Crippen molar-refractivity contribution in [2.24, 2.45) is 22.7 Å². The molecular formula is C20H27NO3. The molecule has 24 heavy (non-hydrogen) atoms. The van der Waals surface area contributed by atoms with E-state index in [1.165, 1.54) is 0 Å². The average Bonchev–Trinajstić information content (AvgIpc) is 2.82. The lowest BCUT2D eigenvalue weighted by Gasteiger charge is -2.63. The number of nitriles is 1. The third-order valence-electron chi connectivity index (χ3n) is 8.49. The van der Waals surface area contributed by atoms with Crippen molar-refractivity contribution >= 4 is 5.78 Å². The van der Waals surface area contributed by atoms with Gasteiger partial charge in [0.1, 0.15) is 0 Å². The number of hydrogen-bond acceptors (Lipinski definition) is 4. The molecule has 0 amide bonds. The third kappa shape index (κ3) is 1.68. The summed E-state index contributed by atoms with van der Waals surface area (Å²) in [6, 6.07) is 2.18. The number of rotatable bonds is 0. The number of ketones is 1. The molecule has 4 aliphatic rings. The summed E-state index contributed by atoms with van der Waals surface area (Å²) in [7, 11) is 0. The van der Waals surface area contributed by atoms with Crippen LogP contribution in [0.2, 0.25) is 0 Å². The van der Waals surface area contributed by atoms with Crippen molar-refractivity contribution < 1.29 is 15.0 Å². The number of carbonyl (C=O) groups excluding carboxylic acids is 1. The molecule has 130 valence electrons. The van der Waals surface area contributed by atoms with Gasteiger partial charge in [0.15, 0.2) is 11.4 Å². The van der Waals surface area contributed by atoms with Gasteiger partial charge in [0.25, 0.3) is 0 Å². The molecule has 6 atom stereocenters. The highest BCUT2D eigenvalue weighted by molar-refractivity contribution is 5.91. The van der Waals surface area contributed by atoms with Crippen molar-refractivity contribution in [3.05, 3.63) is 11.6 Å². The number of aliphatic hydroxyl groups is 2. The molecule has 4 heteroatoms. The SMILES string of the molecule is C[C@]12CCC(=O)C=C1CC[C@H]1[C@@H]3CC[C@@](O)(C#N)[C@@]3(C)CC[C@@]12O. The summed E-state index contributed by atoms with van der Waals surface area (Å²) in [5.74, 6) is 0.468. The first-order valence-corrected chi connectivity index (χ1v) is 9.30. The molecular weight excluding hydrogens is 302 g/mol. The van der Waals surface area contributed by atoms with Gasteiger partial charge in [0, 0.05) is 17.3 Å². The van der Waals surface area contributed by atoms with Crippen LogP contribution in [0.3, 0.4) is 0 Å². The van der Waals surface area contributed by atoms with E-state index in [2.05, 4.69) is 13.0 Å². The molecule has 0 unspecified atom stereocenters. The van der Waals surface area contributed by atoms with Gasteiger partial charge in [-0.25, -0.2) is 0 Å². The topological polar surface area (TPSA) is 81.3 Å². The molecule has 0 spiro atoms. The Hall–Kier alpha value is -1.18. The molecule has 3 saturated carbocycles. The zero-order chi connectivity index (χ0) is 17.4. The summed E-state index contributed by atoms with van der Waals surface area (Å²) in [6.07, 6.45) is 7.32. The molecule has 0 aromatic carbocycles. The van der Waals surface area contributed by atoms with Crippen molar-refractivity contribution in [3.63, 3.8) is 0 Å². The average molecular weight is 329 g/mol. The molecule has 0 bridgehead atoms. The van der Waals surface area contributed by atoms with Crippen molar-refractivity contribution in [2.75, 3.05) is 0 Å². The highest BCUT2D eigenvalue weighted by Crippen LogP contribution is 2.68. The van der Waals surface area contributed by atoms with Gasteiger partial charge in [-0.1, -0.05) is 19.4 Å². The highest BCUT2D eigenvalue weighted by atomic mass is 16.3. The van der Waals surface area contributed by atoms with E-state index in [4.69, 9.17) is 0 Å². The smallest absolute Gasteiger partial charge is 0.156 e. The van der Waals surface area contributed by atoms with E-state index in [0.29, 0.717) is 25.7 Å². The Morgan fingerprint density at radius 3 is 2.54 bits per heavy atom. The largest absolute Gasteiger partial charge is 0.389 e. The fourth-order valence-corrected chi connectivity index (χ4v) is 6.70. The second kappa shape index (κ2) is 4.71. The number of hydrogen-bond donors (Lipinski definition) is 2. The molecule has 0 aromatic heterocycles. The van der Waals surface area contributed by atoms with Gasteiger partial charge in [0.2, 0.25) is 0 Å². The highest BCUT2D eigenvalue weighted by Gasteiger charge is 2.69. The minimum atomic E-state index is -1.27. The van der Waals surface area contributed by atoms with E-state index in [9.17, 15) is 20.3 Å². The van der Waals surface area contributed by atoms with Crippen LogP contribution in [0.25, 0.3) is 0 Å². The van der Waals surface area contributed by atoms with E-state index >= 15 is 0 Å². The normalized spacial score (nSPS) is 53.5. The first kappa shape index (κ1) is 16.3. The maximum absolute atomic E-state index is 11.9. The van der Waals surface area contributed by atoms with Crippen LogP contribution in [-0.2, 0) is 4.79 Å². The van der Waals surface area contributed by atoms with Gasteiger partial charge in [0.05, 0.1) is 11.7 Å². The number of carbonyl (C=O) groups is 1. The van der Waals surface area contributed by atoms with Crippen molar-refractivity contribution in [3.8, 4) is 6.07 Å². The molecule has 0 aromatic rings. The Labute approximate surface area is 143 Å². The molecule has 4 aliphatic carbocycles. The number of nitrogens with zero attached hydrogens (tertiary/aromatic N) is 1. The van der Waals surface area contributed by atoms with E-state index < -0.39 is 16.6 Å². The van der Waals surface area contributed by atoms with Crippen LogP contribution in [0.5, 0.6) is 0 Å². The van der Waals surface area contributed by atoms with Gasteiger partial charge < -0.3 is 10.2 Å². The van der Waals surface area contributed by atoms with Crippen LogP contribution in [0, 0.1) is 34.0 Å². The maximum atomic E-state index is 11.9. The van der Waals surface area contributed by atoms with Gasteiger partial charge in [-0.05, 0) is 62.9 Å². The lowest BCUT2D eigenvalue weighted by Crippen LogP contribution is -2.64. The standard InChI is InChI=1S/C20H27NO3/c1-17-7-5-14(22)11-13(17)3-4-16-15-6-8-19(23,12-21)18(15,2)9-10-20(16,17)24/h11,15-16,23-24H,3-10H2,1-2H3/t15-,16-,17-,18-,19+,20+/m0/s1. The van der Waals surface area contributed by atoms with Crippen LogP contribution >= 0.6 is 0 Å². The first-order valence-electron chi connectivity index (χ1n) is 9.30. The zero-order valence-corrected chi connectivity index (χ0v) is 14.6. The van der Waals surface area contributed by atoms with Crippen molar-refractivity contribution in [1.82, 2.24) is 0 Å². The van der Waals surface area contributed by atoms with Gasteiger partial charge in [-0.15, -0.1) is 0 Å². The van der Waals surface area contributed by atoms with Crippen molar-refractivity contribution in [1.29, 1.82) is 5.26 Å². The minimum absolute atomic E-state index is 0.106. The van der Waals surface area contributed by atoms with Crippen LogP contribution < -0.4 is 0 Å². The first-order chi connectivity index (χ1) is 11.2. The quantitative estimate of drug-likeness (QED) is 0.670. The Morgan fingerprint density at radius 2 is 1.83 bits per heavy atom. The molecule has 0 heterocycles. The van der Waals surface area contributed by atoms with E-state index in [-0.39, 0.29) is 23.0 Å². The molecule has 0 radical (unpaired) electrons. The summed E-state index contributed by atoms with van der Waals surface area (Å²) in [6.45, 7) is 4.18. The Morgan fingerprint density at radius 1 is 1.08 bits per heavy atom. The summed E-state index contributed by atoms with van der Waals surface area (Å²) in [5.41, 5.74) is -1.73. The minimum Gasteiger partial charge on any atom is -0.389 e. The van der Waals surface area contributed by atoms with Gasteiger partial charge in [-0.2, -0.15) is 5.26 Å².